The molecule has 28 heavy (non-hydrogen) atoms. The first kappa shape index (κ1) is 20.3. The van der Waals surface area contributed by atoms with Gasteiger partial charge in [0.15, 0.2) is 5.11 Å². The van der Waals surface area contributed by atoms with Crippen molar-refractivity contribution in [2.75, 3.05) is 5.32 Å². The normalized spacial score (nSPS) is 16.6. The van der Waals surface area contributed by atoms with E-state index in [2.05, 4.69) is 29.8 Å². The van der Waals surface area contributed by atoms with Crippen LogP contribution >= 0.6 is 23.8 Å². The highest BCUT2D eigenvalue weighted by molar-refractivity contribution is 7.80. The number of nitrogens with one attached hydrogen (secondary N) is 3. The topological polar surface area (TPSA) is 53.2 Å². The highest BCUT2D eigenvalue weighted by Gasteiger charge is 2.33. The molecule has 0 spiro atoms. The van der Waals surface area contributed by atoms with E-state index in [-0.39, 0.29) is 22.4 Å². The van der Waals surface area contributed by atoms with Crippen LogP contribution in [0.2, 0.25) is 5.02 Å². The van der Waals surface area contributed by atoms with E-state index >= 15 is 0 Å². The molecule has 2 aromatic rings. The van der Waals surface area contributed by atoms with Crippen LogP contribution in [0.25, 0.3) is 0 Å². The van der Waals surface area contributed by atoms with Gasteiger partial charge in [-0.05, 0) is 48.8 Å². The van der Waals surface area contributed by atoms with E-state index in [9.17, 15) is 9.18 Å². The van der Waals surface area contributed by atoms with E-state index in [4.69, 9.17) is 23.8 Å². The lowest BCUT2D eigenvalue weighted by atomic mass is 9.94. The number of amides is 1. The number of allylic oxidation sites excluding steroid dienone is 1. The zero-order valence-corrected chi connectivity index (χ0v) is 17.3. The summed E-state index contributed by atoms with van der Waals surface area (Å²) < 4.78 is 14.6. The van der Waals surface area contributed by atoms with E-state index in [1.54, 1.807) is 13.0 Å². The van der Waals surface area contributed by atoms with E-state index in [1.165, 1.54) is 12.1 Å². The van der Waals surface area contributed by atoms with Crippen molar-refractivity contribution in [1.29, 1.82) is 0 Å². The second kappa shape index (κ2) is 8.29. The second-order valence-electron chi connectivity index (χ2n) is 6.90. The number of rotatable bonds is 4. The summed E-state index contributed by atoms with van der Waals surface area (Å²) in [6, 6.07) is 11.2. The van der Waals surface area contributed by atoms with Crippen LogP contribution in [0, 0.1) is 5.82 Å². The Hall–Kier alpha value is -2.44. The largest absolute Gasteiger partial charge is 0.351 e. The van der Waals surface area contributed by atoms with E-state index in [0.717, 1.165) is 5.56 Å². The first-order chi connectivity index (χ1) is 13.3. The SMILES string of the molecule is CC1=C(C(=O)Nc2ccccc2C(C)C)[C@H](c2c(F)cccc2Cl)NC(=S)N1. The number of halogens is 2. The van der Waals surface area contributed by atoms with Crippen molar-refractivity contribution in [3.05, 3.63) is 75.7 Å². The molecule has 3 N–H and O–H groups in total. The first-order valence-corrected chi connectivity index (χ1v) is 9.70. The van der Waals surface area contributed by atoms with Gasteiger partial charge in [0.25, 0.3) is 5.91 Å². The molecule has 1 heterocycles. The van der Waals surface area contributed by atoms with Crippen molar-refractivity contribution in [3.63, 3.8) is 0 Å². The Bertz CT molecular complexity index is 954. The zero-order chi connectivity index (χ0) is 20.4. The molecular formula is C21H21ClFN3OS. The molecule has 0 fully saturated rings. The van der Waals surface area contributed by atoms with Gasteiger partial charge in [0.05, 0.1) is 11.6 Å². The Balaban J connectivity index is 2.03. The number of benzene rings is 2. The van der Waals surface area contributed by atoms with Crippen molar-refractivity contribution in [3.8, 4) is 0 Å². The molecule has 0 saturated carbocycles. The summed E-state index contributed by atoms with van der Waals surface area (Å²) in [5, 5.41) is 9.41. The number of carbonyl (C=O) groups excluding carboxylic acids is 1. The predicted octanol–water partition coefficient (Wildman–Crippen LogP) is 5.03. The molecule has 0 saturated heterocycles. The summed E-state index contributed by atoms with van der Waals surface area (Å²) >= 11 is 11.5. The lowest BCUT2D eigenvalue weighted by molar-refractivity contribution is -0.113. The number of carbonyl (C=O) groups is 1. The Morgan fingerprint density at radius 2 is 1.93 bits per heavy atom. The molecule has 0 radical (unpaired) electrons. The summed E-state index contributed by atoms with van der Waals surface area (Å²) in [5.74, 6) is -0.619. The van der Waals surface area contributed by atoms with Crippen molar-refractivity contribution in [1.82, 2.24) is 10.6 Å². The summed E-state index contributed by atoms with van der Waals surface area (Å²) in [4.78, 5) is 13.2. The van der Waals surface area contributed by atoms with Gasteiger partial charge in [-0.3, -0.25) is 4.79 Å². The smallest absolute Gasteiger partial charge is 0.255 e. The van der Waals surface area contributed by atoms with Crippen LogP contribution in [0.4, 0.5) is 10.1 Å². The molecule has 4 nitrogen and oxygen atoms in total. The summed E-state index contributed by atoms with van der Waals surface area (Å²) in [6.45, 7) is 5.84. The van der Waals surface area contributed by atoms with Crippen LogP contribution in [-0.2, 0) is 4.79 Å². The highest BCUT2D eigenvalue weighted by Crippen LogP contribution is 2.34. The third-order valence-corrected chi connectivity index (χ3v) is 5.18. The van der Waals surface area contributed by atoms with Gasteiger partial charge in [-0.25, -0.2) is 4.39 Å². The minimum atomic E-state index is -0.798. The maximum absolute atomic E-state index is 14.6. The van der Waals surface area contributed by atoms with Gasteiger partial charge < -0.3 is 16.0 Å². The molecule has 0 aliphatic carbocycles. The van der Waals surface area contributed by atoms with Crippen LogP contribution in [-0.4, -0.2) is 11.0 Å². The van der Waals surface area contributed by atoms with Gasteiger partial charge in [0.1, 0.15) is 5.82 Å². The fourth-order valence-electron chi connectivity index (χ4n) is 3.30. The lowest BCUT2D eigenvalue weighted by Gasteiger charge is -2.31. The maximum Gasteiger partial charge on any atom is 0.255 e. The zero-order valence-electron chi connectivity index (χ0n) is 15.8. The van der Waals surface area contributed by atoms with Gasteiger partial charge in [-0.2, -0.15) is 0 Å². The second-order valence-corrected chi connectivity index (χ2v) is 7.72. The minimum Gasteiger partial charge on any atom is -0.351 e. The molecule has 7 heteroatoms. The third kappa shape index (κ3) is 4.03. The molecule has 0 unspecified atom stereocenters. The van der Waals surface area contributed by atoms with Crippen LogP contribution < -0.4 is 16.0 Å². The van der Waals surface area contributed by atoms with E-state index < -0.39 is 11.9 Å². The molecule has 1 atom stereocenters. The Kier molecular flexibility index (Phi) is 6.01. The van der Waals surface area contributed by atoms with Gasteiger partial charge in [-0.1, -0.05) is 49.7 Å². The van der Waals surface area contributed by atoms with Crippen molar-refractivity contribution >= 4 is 40.5 Å². The Morgan fingerprint density at radius 1 is 1.21 bits per heavy atom. The monoisotopic (exact) mass is 417 g/mol. The van der Waals surface area contributed by atoms with Crippen LogP contribution in [0.15, 0.2) is 53.7 Å². The van der Waals surface area contributed by atoms with Gasteiger partial charge >= 0.3 is 0 Å². The molecule has 1 aliphatic rings. The predicted molar refractivity (Wildman–Crippen MR) is 115 cm³/mol. The molecule has 146 valence electrons. The van der Waals surface area contributed by atoms with E-state index in [0.29, 0.717) is 22.1 Å². The molecule has 0 aromatic heterocycles. The lowest BCUT2D eigenvalue weighted by Crippen LogP contribution is -2.46. The number of hydrogen-bond donors (Lipinski definition) is 3. The van der Waals surface area contributed by atoms with E-state index in [1.807, 2.05) is 24.3 Å². The fourth-order valence-corrected chi connectivity index (χ4v) is 3.84. The Morgan fingerprint density at radius 3 is 2.61 bits per heavy atom. The number of anilines is 1. The first-order valence-electron chi connectivity index (χ1n) is 8.92. The number of para-hydroxylation sites is 1. The van der Waals surface area contributed by atoms with Crippen LogP contribution in [0.5, 0.6) is 0 Å². The molecular weight excluding hydrogens is 397 g/mol. The van der Waals surface area contributed by atoms with Crippen molar-refractivity contribution in [2.45, 2.75) is 32.7 Å². The van der Waals surface area contributed by atoms with Crippen LogP contribution in [0.3, 0.4) is 0 Å². The van der Waals surface area contributed by atoms with Gasteiger partial charge in [0.2, 0.25) is 0 Å². The highest BCUT2D eigenvalue weighted by atomic mass is 35.5. The van der Waals surface area contributed by atoms with Crippen molar-refractivity contribution in [2.24, 2.45) is 0 Å². The molecule has 1 aliphatic heterocycles. The average molecular weight is 418 g/mol. The maximum atomic E-state index is 14.6. The number of hydrogen-bond acceptors (Lipinski definition) is 2. The summed E-state index contributed by atoms with van der Waals surface area (Å²) in [5.41, 5.74) is 2.80. The van der Waals surface area contributed by atoms with Gasteiger partial charge in [0, 0.05) is 22.0 Å². The van der Waals surface area contributed by atoms with Gasteiger partial charge in [-0.15, -0.1) is 0 Å². The summed E-state index contributed by atoms with van der Waals surface area (Å²) in [6.07, 6.45) is 0. The standard InChI is InChI=1S/C21H21ClFN3OS/c1-11(2)13-7-4-5-10-16(13)25-20(27)17-12(3)24-21(28)26-19(17)18-14(22)8-6-9-15(18)23/h4-11,19H,1-3H3,(H,25,27)(H2,24,26,28)/t19-/m1/s1. The molecule has 0 bridgehead atoms. The molecule has 3 rings (SSSR count). The fraction of sp³-hybridized carbons (Fsp3) is 0.238. The minimum absolute atomic E-state index is 0.190. The molecule has 2 aromatic carbocycles. The quantitative estimate of drug-likeness (QED) is 0.610. The van der Waals surface area contributed by atoms with Crippen LogP contribution in [0.1, 0.15) is 43.9 Å². The number of thiocarbonyl (C=S) groups is 1. The average Bonchev–Trinajstić information content (AvgIpc) is 2.61. The third-order valence-electron chi connectivity index (χ3n) is 4.63. The Labute approximate surface area is 174 Å². The summed E-state index contributed by atoms with van der Waals surface area (Å²) in [7, 11) is 0. The van der Waals surface area contributed by atoms with Crippen molar-refractivity contribution < 1.29 is 9.18 Å². The molecule has 1 amide bonds.